The molecule has 0 bridgehead atoms. The van der Waals surface area contributed by atoms with Gasteiger partial charge in [-0.3, -0.25) is 0 Å². The Morgan fingerprint density at radius 1 is 0.520 bits per heavy atom. The summed E-state index contributed by atoms with van der Waals surface area (Å²) in [4.78, 5) is 29.3. The Hall–Kier alpha value is -0.954. The van der Waals surface area contributed by atoms with E-state index in [1.807, 2.05) is 20.8 Å². The normalized spacial score (nSPS) is 8.76. The van der Waals surface area contributed by atoms with Gasteiger partial charge in [0, 0.05) is 17.9 Å². The Morgan fingerprint density at radius 3 is 0.840 bits per heavy atom. The van der Waals surface area contributed by atoms with Crippen LogP contribution >= 0.6 is 0 Å². The summed E-state index contributed by atoms with van der Waals surface area (Å²) in [6.45, 7) is 6.11. The van der Waals surface area contributed by atoms with Crippen molar-refractivity contribution in [3.8, 4) is 0 Å². The van der Waals surface area contributed by atoms with Crippen molar-refractivity contribution in [3.63, 3.8) is 0 Å². The van der Waals surface area contributed by atoms with E-state index in [1.165, 1.54) is 0 Å². The molecular weight excluding hydrogens is 502 g/mol. The van der Waals surface area contributed by atoms with Gasteiger partial charge in [0.2, 0.25) is 0 Å². The third kappa shape index (κ3) is 51.7. The number of carbonyl (C=O) groups is 3. The predicted octanol–water partition coefficient (Wildman–Crippen LogP) is 0.947. The standard InChI is InChI=1S/3C6H12O2.Os/c3*1-2-3-4-5-6(7)8;/h3*2-5H2,1H3,(H,7,8);/q;;;+3/p-3. The molecule has 149 valence electrons. The molecule has 0 saturated carbocycles. The largest absolute Gasteiger partial charge is 3.00 e. The first-order chi connectivity index (χ1) is 11.3. The van der Waals surface area contributed by atoms with Crippen molar-refractivity contribution in [2.24, 2.45) is 0 Å². The van der Waals surface area contributed by atoms with Crippen LogP contribution in [0.5, 0.6) is 0 Å². The van der Waals surface area contributed by atoms with Gasteiger partial charge in [-0.1, -0.05) is 59.3 Å². The molecule has 0 unspecified atom stereocenters. The molecule has 0 fully saturated rings. The molecule has 0 aromatic heterocycles. The minimum Gasteiger partial charge on any atom is -0.550 e. The van der Waals surface area contributed by atoms with Crippen LogP contribution < -0.4 is 15.3 Å². The molecule has 0 heterocycles. The van der Waals surface area contributed by atoms with Crippen molar-refractivity contribution < 1.29 is 49.5 Å². The fourth-order valence-corrected chi connectivity index (χ4v) is 1.56. The van der Waals surface area contributed by atoms with Gasteiger partial charge in [0.25, 0.3) is 0 Å². The van der Waals surface area contributed by atoms with Gasteiger partial charge in [-0.2, -0.15) is 0 Å². The number of aliphatic carboxylic acids is 3. The summed E-state index contributed by atoms with van der Waals surface area (Å²) >= 11 is 0. The summed E-state index contributed by atoms with van der Waals surface area (Å²) in [5.74, 6) is -2.80. The molecule has 0 aromatic carbocycles. The number of carboxylic acids is 3. The van der Waals surface area contributed by atoms with E-state index in [2.05, 4.69) is 0 Å². The van der Waals surface area contributed by atoms with Gasteiger partial charge in [0.1, 0.15) is 0 Å². The zero-order chi connectivity index (χ0) is 19.2. The molecule has 0 amide bonds. The first-order valence-corrected chi connectivity index (χ1v) is 8.91. The molecule has 0 atom stereocenters. The van der Waals surface area contributed by atoms with Crippen LogP contribution in [0, 0.1) is 0 Å². The van der Waals surface area contributed by atoms with E-state index in [1.54, 1.807) is 0 Å². The van der Waals surface area contributed by atoms with Gasteiger partial charge in [-0.05, 0) is 38.5 Å². The van der Waals surface area contributed by atoms with Crippen LogP contribution in [0.3, 0.4) is 0 Å². The van der Waals surface area contributed by atoms with Gasteiger partial charge in [0.05, 0.1) is 0 Å². The second-order valence-electron chi connectivity index (χ2n) is 5.49. The van der Waals surface area contributed by atoms with Crippen LogP contribution in [0.25, 0.3) is 0 Å². The predicted molar refractivity (Wildman–Crippen MR) is 87.4 cm³/mol. The summed E-state index contributed by atoms with van der Waals surface area (Å²) in [5, 5.41) is 29.3. The average molecular weight is 536 g/mol. The number of rotatable bonds is 12. The summed E-state index contributed by atoms with van der Waals surface area (Å²) in [6.07, 6.45) is 9.11. The molecule has 0 rings (SSSR count). The second kappa shape index (κ2) is 27.9. The molecule has 0 saturated heterocycles. The maximum Gasteiger partial charge on any atom is 3.00 e. The van der Waals surface area contributed by atoms with Crippen LogP contribution in [0.15, 0.2) is 0 Å². The van der Waals surface area contributed by atoms with E-state index in [4.69, 9.17) is 0 Å². The fraction of sp³-hybridized carbons (Fsp3) is 0.833. The molecule has 0 N–H and O–H groups in total. The van der Waals surface area contributed by atoms with E-state index in [-0.39, 0.29) is 39.1 Å². The average Bonchev–Trinajstić information content (AvgIpc) is 2.48. The van der Waals surface area contributed by atoms with Gasteiger partial charge < -0.3 is 29.7 Å². The van der Waals surface area contributed by atoms with Crippen LogP contribution in [0.4, 0.5) is 0 Å². The zero-order valence-electron chi connectivity index (χ0n) is 15.8. The molecule has 7 heteroatoms. The Morgan fingerprint density at radius 2 is 0.720 bits per heavy atom. The molecule has 0 aliphatic rings. The van der Waals surface area contributed by atoms with Crippen molar-refractivity contribution in [2.75, 3.05) is 0 Å². The monoisotopic (exact) mass is 537 g/mol. The zero-order valence-corrected chi connectivity index (χ0v) is 18.3. The van der Waals surface area contributed by atoms with E-state index >= 15 is 0 Å². The molecule has 0 spiro atoms. The maximum absolute atomic E-state index is 9.76. The summed E-state index contributed by atoms with van der Waals surface area (Å²) in [5.41, 5.74) is 0. The van der Waals surface area contributed by atoms with Crippen molar-refractivity contribution >= 4 is 17.9 Å². The Kier molecular flexibility index (Phi) is 35.4. The molecular formula is C18H33O6Os. The summed E-state index contributed by atoms with van der Waals surface area (Å²) < 4.78 is 0. The molecule has 6 nitrogen and oxygen atoms in total. The van der Waals surface area contributed by atoms with Crippen LogP contribution in [-0.4, -0.2) is 17.9 Å². The van der Waals surface area contributed by atoms with Crippen molar-refractivity contribution in [2.45, 2.75) is 97.8 Å². The van der Waals surface area contributed by atoms with Gasteiger partial charge >= 0.3 is 19.8 Å². The minimum atomic E-state index is -0.932. The molecule has 0 aromatic rings. The van der Waals surface area contributed by atoms with Crippen LogP contribution in [0.2, 0.25) is 0 Å². The fourth-order valence-electron chi connectivity index (χ4n) is 1.56. The van der Waals surface area contributed by atoms with Gasteiger partial charge in [0.15, 0.2) is 0 Å². The van der Waals surface area contributed by atoms with Gasteiger partial charge in [-0.15, -0.1) is 0 Å². The number of hydrogen-bond acceptors (Lipinski definition) is 6. The van der Waals surface area contributed by atoms with E-state index in [9.17, 15) is 29.7 Å². The second-order valence-corrected chi connectivity index (χ2v) is 5.49. The van der Waals surface area contributed by atoms with Gasteiger partial charge in [-0.25, -0.2) is 0 Å². The third-order valence-electron chi connectivity index (χ3n) is 2.95. The Balaban J connectivity index is -0.000000130. The van der Waals surface area contributed by atoms with Crippen molar-refractivity contribution in [1.29, 1.82) is 0 Å². The topological polar surface area (TPSA) is 120 Å². The van der Waals surface area contributed by atoms with Crippen LogP contribution in [-0.2, 0) is 34.2 Å². The molecule has 0 aliphatic heterocycles. The summed E-state index contributed by atoms with van der Waals surface area (Å²) in [7, 11) is 0. The van der Waals surface area contributed by atoms with E-state index in [0.717, 1.165) is 57.8 Å². The molecule has 25 heavy (non-hydrogen) atoms. The third-order valence-corrected chi connectivity index (χ3v) is 2.95. The Labute approximate surface area is 165 Å². The van der Waals surface area contributed by atoms with E-state index in [0.29, 0.717) is 0 Å². The van der Waals surface area contributed by atoms with Crippen LogP contribution in [0.1, 0.15) is 97.8 Å². The molecule has 0 aliphatic carbocycles. The summed E-state index contributed by atoms with van der Waals surface area (Å²) in [6, 6.07) is 0. The number of carboxylic acid groups (broad SMARTS) is 3. The maximum atomic E-state index is 9.76. The van der Waals surface area contributed by atoms with Crippen molar-refractivity contribution in [3.05, 3.63) is 0 Å². The number of hydrogen-bond donors (Lipinski definition) is 0. The quantitative estimate of drug-likeness (QED) is 0.343. The minimum absolute atomic E-state index is 0. The number of unbranched alkanes of at least 4 members (excludes halogenated alkanes) is 6. The Bertz CT molecular complexity index is 260. The first-order valence-electron chi connectivity index (χ1n) is 8.91. The van der Waals surface area contributed by atoms with E-state index < -0.39 is 17.9 Å². The number of carbonyl (C=O) groups excluding carboxylic acids is 3. The first kappa shape index (κ1) is 31.8. The smallest absolute Gasteiger partial charge is 0.550 e. The van der Waals surface area contributed by atoms with Crippen molar-refractivity contribution in [1.82, 2.24) is 0 Å². The SMILES string of the molecule is CCCCCC(=O)[O-].CCCCCC(=O)[O-].CCCCCC(=O)[O-].[Os+3]. The molecule has 1 radical (unpaired) electrons.